The van der Waals surface area contributed by atoms with E-state index < -0.39 is 5.91 Å². The molecular weight excluding hydrogens is 376 g/mol. The predicted molar refractivity (Wildman–Crippen MR) is 118 cm³/mol. The molecule has 0 aliphatic heterocycles. The molecule has 0 saturated heterocycles. The fraction of sp³-hybridized carbons (Fsp3) is 0. The molecule has 6 heteroatoms. The van der Waals surface area contributed by atoms with Crippen molar-refractivity contribution in [3.05, 3.63) is 84.4 Å². The number of rotatable bonds is 3. The number of azo groups is 1. The molecule has 4 aromatic carbocycles. The van der Waals surface area contributed by atoms with Crippen LogP contribution in [0.5, 0.6) is 5.75 Å². The third kappa shape index (κ3) is 2.82. The molecule has 1 aromatic heterocycles. The summed E-state index contributed by atoms with van der Waals surface area (Å²) in [6, 6.07) is 24.2. The number of fused-ring (bicyclic) bond motifs is 3. The van der Waals surface area contributed by atoms with Gasteiger partial charge in [-0.2, -0.15) is 0 Å². The SMILES string of the molecule is NC(=O)c1c(O)c(N=Nc2c3ccccc3nc3ccccc23)cc2ccccc12. The summed E-state index contributed by atoms with van der Waals surface area (Å²) in [6.45, 7) is 0. The van der Waals surface area contributed by atoms with Crippen molar-refractivity contribution in [1.82, 2.24) is 4.98 Å². The van der Waals surface area contributed by atoms with Gasteiger partial charge in [-0.15, -0.1) is 10.2 Å². The molecule has 0 bridgehead atoms. The van der Waals surface area contributed by atoms with E-state index in [1.807, 2.05) is 60.7 Å². The van der Waals surface area contributed by atoms with Gasteiger partial charge in [0.2, 0.25) is 0 Å². The summed E-state index contributed by atoms with van der Waals surface area (Å²) in [7, 11) is 0. The van der Waals surface area contributed by atoms with E-state index in [2.05, 4.69) is 15.2 Å². The van der Waals surface area contributed by atoms with Crippen molar-refractivity contribution < 1.29 is 9.90 Å². The van der Waals surface area contributed by atoms with Gasteiger partial charge in [-0.3, -0.25) is 4.79 Å². The number of benzene rings is 4. The van der Waals surface area contributed by atoms with Crippen LogP contribution in [0.3, 0.4) is 0 Å². The Morgan fingerprint density at radius 3 is 2.00 bits per heavy atom. The normalized spacial score (nSPS) is 11.6. The topological polar surface area (TPSA) is 101 Å². The van der Waals surface area contributed by atoms with Crippen molar-refractivity contribution in [3.63, 3.8) is 0 Å². The Hall–Kier alpha value is -4.32. The van der Waals surface area contributed by atoms with E-state index in [0.717, 1.165) is 27.2 Å². The van der Waals surface area contributed by atoms with E-state index in [9.17, 15) is 9.90 Å². The van der Waals surface area contributed by atoms with Gasteiger partial charge in [0.25, 0.3) is 5.91 Å². The summed E-state index contributed by atoms with van der Waals surface area (Å²) in [4.78, 5) is 16.7. The Morgan fingerprint density at radius 2 is 1.37 bits per heavy atom. The van der Waals surface area contributed by atoms with E-state index in [1.165, 1.54) is 0 Å². The molecule has 0 saturated carbocycles. The summed E-state index contributed by atoms with van der Waals surface area (Å²) < 4.78 is 0. The van der Waals surface area contributed by atoms with E-state index >= 15 is 0 Å². The number of hydrogen-bond donors (Lipinski definition) is 2. The maximum atomic E-state index is 12.0. The number of pyridine rings is 1. The predicted octanol–water partition coefficient (Wildman–Crippen LogP) is 5.76. The van der Waals surface area contributed by atoms with Crippen LogP contribution in [0.1, 0.15) is 10.4 Å². The molecule has 0 aliphatic rings. The van der Waals surface area contributed by atoms with Gasteiger partial charge < -0.3 is 10.8 Å². The van der Waals surface area contributed by atoms with Gasteiger partial charge in [0.1, 0.15) is 11.4 Å². The van der Waals surface area contributed by atoms with Crippen LogP contribution in [-0.2, 0) is 0 Å². The average Bonchev–Trinajstić information content (AvgIpc) is 2.76. The molecular formula is C24H16N4O2. The average molecular weight is 392 g/mol. The van der Waals surface area contributed by atoms with Gasteiger partial charge >= 0.3 is 0 Å². The Morgan fingerprint density at radius 1 is 0.800 bits per heavy atom. The maximum Gasteiger partial charge on any atom is 0.253 e. The molecule has 5 rings (SSSR count). The molecule has 5 aromatic rings. The highest BCUT2D eigenvalue weighted by Crippen LogP contribution is 2.39. The zero-order chi connectivity index (χ0) is 20.7. The van der Waals surface area contributed by atoms with E-state index in [4.69, 9.17) is 5.73 Å². The number of primary amides is 1. The fourth-order valence-corrected chi connectivity index (χ4v) is 3.68. The minimum absolute atomic E-state index is 0.0338. The number of carbonyl (C=O) groups is 1. The molecule has 144 valence electrons. The van der Waals surface area contributed by atoms with Crippen molar-refractivity contribution in [2.24, 2.45) is 16.0 Å². The highest BCUT2D eigenvalue weighted by Gasteiger charge is 2.17. The molecule has 0 fully saturated rings. The number of para-hydroxylation sites is 2. The number of phenols is 1. The first-order valence-corrected chi connectivity index (χ1v) is 9.37. The lowest BCUT2D eigenvalue weighted by atomic mass is 10.0. The van der Waals surface area contributed by atoms with Crippen LogP contribution in [0.2, 0.25) is 0 Å². The minimum Gasteiger partial charge on any atom is -0.505 e. The number of nitrogens with two attached hydrogens (primary N) is 1. The molecule has 30 heavy (non-hydrogen) atoms. The van der Waals surface area contributed by atoms with E-state index in [0.29, 0.717) is 11.1 Å². The summed E-state index contributed by atoms with van der Waals surface area (Å²) in [6.07, 6.45) is 0. The smallest absolute Gasteiger partial charge is 0.253 e. The quantitative estimate of drug-likeness (QED) is 0.301. The second kappa shape index (κ2) is 6.93. The maximum absolute atomic E-state index is 12.0. The summed E-state index contributed by atoms with van der Waals surface area (Å²) >= 11 is 0. The van der Waals surface area contributed by atoms with Crippen LogP contribution in [0.4, 0.5) is 11.4 Å². The molecule has 1 heterocycles. The van der Waals surface area contributed by atoms with Crippen molar-refractivity contribution in [2.45, 2.75) is 0 Å². The zero-order valence-electron chi connectivity index (χ0n) is 15.8. The highest BCUT2D eigenvalue weighted by atomic mass is 16.3. The van der Waals surface area contributed by atoms with Crippen molar-refractivity contribution >= 4 is 49.9 Å². The minimum atomic E-state index is -0.722. The lowest BCUT2D eigenvalue weighted by molar-refractivity contribution is 0.0999. The van der Waals surface area contributed by atoms with Gasteiger partial charge in [0.15, 0.2) is 5.75 Å². The second-order valence-electron chi connectivity index (χ2n) is 6.90. The van der Waals surface area contributed by atoms with Crippen molar-refractivity contribution in [3.8, 4) is 5.75 Å². The Bertz CT molecular complexity index is 1440. The first kappa shape index (κ1) is 17.8. The Kier molecular flexibility index (Phi) is 4.10. The molecule has 0 unspecified atom stereocenters. The van der Waals surface area contributed by atoms with E-state index in [1.54, 1.807) is 18.2 Å². The molecule has 0 spiro atoms. The zero-order valence-corrected chi connectivity index (χ0v) is 15.8. The Labute approximate surface area is 171 Å². The standard InChI is InChI=1S/C24H16N4O2/c25-24(30)21-15-8-2-1-7-14(15)13-20(23(21)29)27-28-22-16-9-3-5-11-18(16)26-19-12-6-4-10-17(19)22/h1-13,29H,(H2,25,30). The van der Waals surface area contributed by atoms with Gasteiger partial charge in [0.05, 0.1) is 16.6 Å². The van der Waals surface area contributed by atoms with Crippen LogP contribution in [-0.4, -0.2) is 16.0 Å². The number of aromatic hydroxyl groups is 1. The van der Waals surface area contributed by atoms with Crippen LogP contribution >= 0.6 is 0 Å². The lowest BCUT2D eigenvalue weighted by Gasteiger charge is -2.09. The lowest BCUT2D eigenvalue weighted by Crippen LogP contribution is -2.11. The molecule has 0 radical (unpaired) electrons. The van der Waals surface area contributed by atoms with Crippen molar-refractivity contribution in [1.29, 1.82) is 0 Å². The van der Waals surface area contributed by atoms with E-state index in [-0.39, 0.29) is 17.0 Å². The van der Waals surface area contributed by atoms with Gasteiger partial charge in [-0.1, -0.05) is 60.7 Å². The highest BCUT2D eigenvalue weighted by molar-refractivity contribution is 6.11. The first-order valence-electron chi connectivity index (χ1n) is 9.37. The summed E-state index contributed by atoms with van der Waals surface area (Å²) in [5.74, 6) is -1.01. The van der Waals surface area contributed by atoms with Crippen LogP contribution < -0.4 is 5.73 Å². The molecule has 6 nitrogen and oxygen atoms in total. The van der Waals surface area contributed by atoms with Crippen LogP contribution in [0, 0.1) is 0 Å². The van der Waals surface area contributed by atoms with Crippen molar-refractivity contribution in [2.75, 3.05) is 0 Å². The third-order valence-electron chi connectivity index (χ3n) is 5.07. The summed E-state index contributed by atoms with van der Waals surface area (Å²) in [5.41, 5.74) is 7.97. The number of nitrogens with zero attached hydrogens (tertiary/aromatic N) is 3. The number of hydrogen-bond acceptors (Lipinski definition) is 5. The molecule has 3 N–H and O–H groups in total. The third-order valence-corrected chi connectivity index (χ3v) is 5.07. The van der Waals surface area contributed by atoms with Crippen LogP contribution in [0.15, 0.2) is 89.1 Å². The number of amides is 1. The largest absolute Gasteiger partial charge is 0.505 e. The Balaban J connectivity index is 1.76. The van der Waals surface area contributed by atoms with Gasteiger partial charge in [-0.25, -0.2) is 4.98 Å². The van der Waals surface area contributed by atoms with Crippen LogP contribution in [0.25, 0.3) is 32.6 Å². The number of aromatic nitrogens is 1. The monoisotopic (exact) mass is 392 g/mol. The summed E-state index contributed by atoms with van der Waals surface area (Å²) in [5, 5.41) is 22.5. The molecule has 0 aliphatic carbocycles. The first-order chi connectivity index (χ1) is 14.6. The fourth-order valence-electron chi connectivity index (χ4n) is 3.68. The van der Waals surface area contributed by atoms with Gasteiger partial charge in [0, 0.05) is 10.8 Å². The number of carbonyl (C=O) groups excluding carboxylic acids is 1. The molecule has 0 atom stereocenters. The molecule has 1 amide bonds. The second-order valence-corrected chi connectivity index (χ2v) is 6.90. The van der Waals surface area contributed by atoms with Gasteiger partial charge in [-0.05, 0) is 29.0 Å².